The molecule has 2 aliphatic rings. The molecule has 3 aromatic carbocycles. The van der Waals surface area contributed by atoms with Crippen molar-refractivity contribution in [2.75, 3.05) is 11.4 Å². The molecule has 25 heavy (non-hydrogen) atoms. The number of hydrogen-bond donors (Lipinski definition) is 0. The summed E-state index contributed by atoms with van der Waals surface area (Å²) in [6.45, 7) is 0.858. The van der Waals surface area contributed by atoms with Crippen LogP contribution in [0.15, 0.2) is 85.1 Å². The van der Waals surface area contributed by atoms with Crippen LogP contribution in [0.4, 0.5) is 5.69 Å². The molecule has 122 valence electrons. The summed E-state index contributed by atoms with van der Waals surface area (Å²) in [5, 5.41) is 7.75. The van der Waals surface area contributed by atoms with E-state index >= 15 is 0 Å². The van der Waals surface area contributed by atoms with Crippen LogP contribution in [0.25, 0.3) is 10.8 Å². The van der Waals surface area contributed by atoms with Gasteiger partial charge in [-0.1, -0.05) is 66.7 Å². The van der Waals surface area contributed by atoms with Gasteiger partial charge >= 0.3 is 0 Å². The zero-order valence-electron chi connectivity index (χ0n) is 13.6. The number of thiocarbonyl (C=S) groups is 1. The Bertz CT molecular complexity index is 977. The molecule has 0 bridgehead atoms. The molecule has 0 amide bonds. The molecule has 0 radical (unpaired) electrons. The second kappa shape index (κ2) is 5.69. The van der Waals surface area contributed by atoms with Crippen LogP contribution >= 0.6 is 12.2 Å². The topological polar surface area (TPSA) is 9.72 Å². The van der Waals surface area contributed by atoms with Gasteiger partial charge in [0.15, 0.2) is 5.11 Å². The molecule has 0 aliphatic carbocycles. The predicted octanol–water partition coefficient (Wildman–Crippen LogP) is 4.69. The average Bonchev–Trinajstić information content (AvgIpc) is 3.24. The van der Waals surface area contributed by atoms with E-state index in [0.717, 1.165) is 17.3 Å². The molecular weight excluding hydrogens is 326 g/mol. The maximum Gasteiger partial charge on any atom is 0.196 e. The third kappa shape index (κ3) is 2.18. The van der Waals surface area contributed by atoms with E-state index in [1.165, 1.54) is 16.3 Å². The van der Waals surface area contributed by atoms with E-state index in [0.29, 0.717) is 0 Å². The number of hydrazine groups is 1. The fourth-order valence-corrected chi connectivity index (χ4v) is 4.15. The Morgan fingerprint density at radius 3 is 2.48 bits per heavy atom. The Balaban J connectivity index is 1.72. The molecule has 4 heteroatoms. The van der Waals surface area contributed by atoms with E-state index in [1.54, 1.807) is 0 Å². The van der Waals surface area contributed by atoms with Gasteiger partial charge in [-0.3, -0.25) is 9.91 Å². The molecule has 3 nitrogen and oxygen atoms in total. The van der Waals surface area contributed by atoms with Crippen LogP contribution in [0, 0.1) is 0 Å². The second-order valence-corrected chi connectivity index (χ2v) is 6.65. The Kier molecular flexibility index (Phi) is 3.33. The SMILES string of the molecule is S=C1N(c2ccccc2)C(c2cccc3ccccc23)N2CC=CN12. The van der Waals surface area contributed by atoms with E-state index in [9.17, 15) is 0 Å². The van der Waals surface area contributed by atoms with Crippen LogP contribution in [0.1, 0.15) is 11.7 Å². The molecule has 3 aromatic rings. The largest absolute Gasteiger partial charge is 0.295 e. The lowest BCUT2D eigenvalue weighted by Gasteiger charge is -2.29. The van der Waals surface area contributed by atoms with E-state index in [1.807, 2.05) is 6.07 Å². The summed E-state index contributed by atoms with van der Waals surface area (Å²) in [5.74, 6) is 0. The van der Waals surface area contributed by atoms with Gasteiger partial charge in [-0.25, -0.2) is 0 Å². The van der Waals surface area contributed by atoms with Crippen molar-refractivity contribution in [2.45, 2.75) is 6.17 Å². The summed E-state index contributed by atoms with van der Waals surface area (Å²) >= 11 is 5.82. The highest BCUT2D eigenvalue weighted by Gasteiger charge is 2.44. The van der Waals surface area contributed by atoms with Crippen molar-refractivity contribution in [2.24, 2.45) is 0 Å². The first-order valence-corrected chi connectivity index (χ1v) is 8.84. The summed E-state index contributed by atoms with van der Waals surface area (Å²) in [6, 6.07) is 25.5. The molecule has 2 heterocycles. The lowest BCUT2D eigenvalue weighted by atomic mass is 10.0. The number of para-hydroxylation sites is 1. The van der Waals surface area contributed by atoms with Crippen LogP contribution in [0.5, 0.6) is 0 Å². The van der Waals surface area contributed by atoms with Gasteiger partial charge in [-0.2, -0.15) is 5.01 Å². The summed E-state index contributed by atoms with van der Waals surface area (Å²) in [6.07, 6.45) is 4.28. The minimum absolute atomic E-state index is 0.0519. The zero-order chi connectivity index (χ0) is 16.8. The number of anilines is 1. The molecule has 0 N–H and O–H groups in total. The first-order chi connectivity index (χ1) is 12.3. The van der Waals surface area contributed by atoms with E-state index in [2.05, 4.69) is 93.9 Å². The van der Waals surface area contributed by atoms with Crippen LogP contribution in [-0.2, 0) is 0 Å². The van der Waals surface area contributed by atoms with Gasteiger partial charge < -0.3 is 0 Å². The maximum atomic E-state index is 5.82. The van der Waals surface area contributed by atoms with Crippen molar-refractivity contribution >= 4 is 33.8 Å². The van der Waals surface area contributed by atoms with E-state index in [-0.39, 0.29) is 6.17 Å². The van der Waals surface area contributed by atoms with Crippen LogP contribution < -0.4 is 4.90 Å². The normalized spacial score (nSPS) is 19.8. The summed E-state index contributed by atoms with van der Waals surface area (Å²) in [5.41, 5.74) is 2.39. The van der Waals surface area contributed by atoms with Gasteiger partial charge in [0.1, 0.15) is 6.17 Å². The van der Waals surface area contributed by atoms with Gasteiger partial charge in [0.05, 0.1) is 0 Å². The number of hydrogen-bond acceptors (Lipinski definition) is 2. The maximum absolute atomic E-state index is 5.82. The van der Waals surface area contributed by atoms with E-state index in [4.69, 9.17) is 12.2 Å². The molecule has 5 rings (SSSR count). The van der Waals surface area contributed by atoms with Gasteiger partial charge in [0.2, 0.25) is 0 Å². The molecule has 1 unspecified atom stereocenters. The Hall–Kier alpha value is -2.69. The fraction of sp³-hybridized carbons (Fsp3) is 0.0952. The molecule has 0 aromatic heterocycles. The highest BCUT2D eigenvalue weighted by atomic mass is 32.1. The van der Waals surface area contributed by atoms with Crippen molar-refractivity contribution < 1.29 is 0 Å². The molecule has 2 aliphatic heterocycles. The Labute approximate surface area is 152 Å². The number of rotatable bonds is 2. The lowest BCUT2D eigenvalue weighted by Crippen LogP contribution is -2.32. The van der Waals surface area contributed by atoms with Crippen LogP contribution in [0.3, 0.4) is 0 Å². The van der Waals surface area contributed by atoms with Gasteiger partial charge in [0, 0.05) is 18.4 Å². The third-order valence-electron chi connectivity index (χ3n) is 4.88. The first-order valence-electron chi connectivity index (χ1n) is 8.43. The van der Waals surface area contributed by atoms with Gasteiger partial charge in [0.25, 0.3) is 0 Å². The second-order valence-electron chi connectivity index (χ2n) is 6.28. The molecule has 1 fully saturated rings. The van der Waals surface area contributed by atoms with Crippen molar-refractivity contribution in [1.29, 1.82) is 0 Å². The smallest absolute Gasteiger partial charge is 0.196 e. The van der Waals surface area contributed by atoms with Gasteiger partial charge in [-0.15, -0.1) is 0 Å². The predicted molar refractivity (Wildman–Crippen MR) is 106 cm³/mol. The average molecular weight is 343 g/mol. The first kappa shape index (κ1) is 14.6. The number of benzene rings is 3. The lowest BCUT2D eigenvalue weighted by molar-refractivity contribution is 0.111. The van der Waals surface area contributed by atoms with Crippen molar-refractivity contribution in [3.63, 3.8) is 0 Å². The van der Waals surface area contributed by atoms with Crippen LogP contribution in [0.2, 0.25) is 0 Å². The summed E-state index contributed by atoms with van der Waals surface area (Å²) in [4.78, 5) is 2.25. The molecule has 0 spiro atoms. The number of fused-ring (bicyclic) bond motifs is 2. The fourth-order valence-electron chi connectivity index (χ4n) is 3.78. The third-order valence-corrected chi connectivity index (χ3v) is 5.26. The molecule has 0 saturated carbocycles. The van der Waals surface area contributed by atoms with Crippen LogP contribution in [-0.4, -0.2) is 21.7 Å². The standard InChI is InChI=1S/C21H17N3S/c25-21-23-15-7-14-22(23)20(24(21)17-10-2-1-3-11-17)19-13-6-9-16-8-4-5-12-18(16)19/h1-13,15,20H,14H2. The Morgan fingerprint density at radius 1 is 0.840 bits per heavy atom. The minimum atomic E-state index is 0.0519. The monoisotopic (exact) mass is 343 g/mol. The molecular formula is C21H17N3S. The molecule has 1 saturated heterocycles. The van der Waals surface area contributed by atoms with E-state index < -0.39 is 0 Å². The van der Waals surface area contributed by atoms with Gasteiger partial charge in [-0.05, 0) is 40.7 Å². The zero-order valence-corrected chi connectivity index (χ0v) is 14.4. The van der Waals surface area contributed by atoms with Crippen molar-refractivity contribution in [1.82, 2.24) is 10.0 Å². The number of nitrogens with zero attached hydrogens (tertiary/aromatic N) is 3. The Morgan fingerprint density at radius 2 is 1.60 bits per heavy atom. The highest BCUT2D eigenvalue weighted by Crippen LogP contribution is 2.42. The summed E-state index contributed by atoms with van der Waals surface area (Å²) < 4.78 is 0. The summed E-state index contributed by atoms with van der Waals surface area (Å²) in [7, 11) is 0. The molecule has 1 atom stereocenters. The minimum Gasteiger partial charge on any atom is -0.295 e. The quantitative estimate of drug-likeness (QED) is 0.624. The van der Waals surface area contributed by atoms with Crippen molar-refractivity contribution in [3.8, 4) is 0 Å². The van der Waals surface area contributed by atoms with Crippen molar-refractivity contribution in [3.05, 3.63) is 90.6 Å². The highest BCUT2D eigenvalue weighted by molar-refractivity contribution is 7.80.